The van der Waals surface area contributed by atoms with E-state index in [9.17, 15) is 0 Å². The molecule has 0 saturated carbocycles. The molecule has 0 saturated heterocycles. The average Bonchev–Trinajstić information content (AvgIpc) is 2.65. The van der Waals surface area contributed by atoms with E-state index in [0.717, 1.165) is 18.8 Å². The van der Waals surface area contributed by atoms with E-state index >= 15 is 0 Å². The minimum absolute atomic E-state index is 0.987. The fraction of sp³-hybridized carbons (Fsp3) is 0.846. The van der Waals surface area contributed by atoms with Crippen LogP contribution in [0.15, 0.2) is 12.2 Å². The maximum Gasteiger partial charge on any atom is -0.0351 e. The molecule has 0 spiro atoms. The lowest BCUT2D eigenvalue weighted by molar-refractivity contribution is 0.386. The molecule has 0 nitrogen and oxygen atoms in total. The standard InChI is InChI=1S/C26H50/c1-4-7-9-11-13-14-15-16-18-20-22-25-26(23-6-3)24-21-19-17-12-10-8-5-2/h16,18,26H,1-2,4-15,17,19-25H2,3H3. The van der Waals surface area contributed by atoms with E-state index in [1.807, 2.05) is 0 Å². The van der Waals surface area contributed by atoms with Crippen LogP contribution in [0.1, 0.15) is 135 Å². The first kappa shape index (κ1) is 25.7. The molecule has 0 fully saturated rings. The summed E-state index contributed by atoms with van der Waals surface area (Å²) in [7, 11) is 0. The van der Waals surface area contributed by atoms with Gasteiger partial charge in [0.1, 0.15) is 0 Å². The minimum Gasteiger partial charge on any atom is -0.0885 e. The maximum absolute atomic E-state index is 3.93. The van der Waals surface area contributed by atoms with Crippen LogP contribution in [-0.2, 0) is 0 Å². The third-order valence-corrected chi connectivity index (χ3v) is 5.58. The van der Waals surface area contributed by atoms with E-state index in [1.165, 1.54) is 116 Å². The van der Waals surface area contributed by atoms with Gasteiger partial charge in [-0.05, 0) is 31.6 Å². The molecule has 154 valence electrons. The van der Waals surface area contributed by atoms with Crippen molar-refractivity contribution in [3.8, 4) is 0 Å². The van der Waals surface area contributed by atoms with Gasteiger partial charge in [0.2, 0.25) is 0 Å². The molecule has 0 amide bonds. The Morgan fingerprint density at radius 3 is 1.58 bits per heavy atom. The first-order chi connectivity index (χ1) is 12.8. The Kier molecular flexibility index (Phi) is 22.6. The molecule has 1 unspecified atom stereocenters. The van der Waals surface area contributed by atoms with Gasteiger partial charge in [-0.3, -0.25) is 0 Å². The van der Waals surface area contributed by atoms with Crippen LogP contribution in [0.25, 0.3) is 0 Å². The summed E-state index contributed by atoms with van der Waals surface area (Å²) >= 11 is 0. The van der Waals surface area contributed by atoms with E-state index in [4.69, 9.17) is 0 Å². The van der Waals surface area contributed by atoms with Crippen molar-refractivity contribution in [3.63, 3.8) is 0 Å². The molecule has 0 aliphatic carbocycles. The fourth-order valence-electron chi connectivity index (χ4n) is 3.89. The molecule has 0 aliphatic rings. The van der Waals surface area contributed by atoms with Gasteiger partial charge in [-0.2, -0.15) is 0 Å². The quantitative estimate of drug-likeness (QED) is 0.141. The summed E-state index contributed by atoms with van der Waals surface area (Å²) in [4.78, 5) is 0. The van der Waals surface area contributed by atoms with Gasteiger partial charge >= 0.3 is 0 Å². The van der Waals surface area contributed by atoms with Crippen molar-refractivity contribution in [2.24, 2.45) is 5.92 Å². The van der Waals surface area contributed by atoms with Crippen LogP contribution in [0, 0.1) is 19.8 Å². The summed E-state index contributed by atoms with van der Waals surface area (Å²) in [5, 5.41) is 0. The molecule has 0 rings (SSSR count). The predicted molar refractivity (Wildman–Crippen MR) is 121 cm³/mol. The summed E-state index contributed by atoms with van der Waals surface area (Å²) in [6.07, 6.45) is 32.2. The third-order valence-electron chi connectivity index (χ3n) is 5.58. The first-order valence-corrected chi connectivity index (χ1v) is 12.1. The van der Waals surface area contributed by atoms with Gasteiger partial charge in [0.05, 0.1) is 0 Å². The van der Waals surface area contributed by atoms with Gasteiger partial charge in [0, 0.05) is 0 Å². The van der Waals surface area contributed by atoms with Crippen LogP contribution in [0.4, 0.5) is 0 Å². The predicted octanol–water partition coefficient (Wildman–Crippen LogP) is 9.65. The zero-order valence-electron chi connectivity index (χ0n) is 18.3. The number of allylic oxidation sites excluding steroid dienone is 2. The molecule has 0 aromatic rings. The van der Waals surface area contributed by atoms with Gasteiger partial charge < -0.3 is 0 Å². The Bertz CT molecular complexity index is 265. The molecular weight excluding hydrogens is 312 g/mol. The highest BCUT2D eigenvalue weighted by Crippen LogP contribution is 2.22. The van der Waals surface area contributed by atoms with Crippen LogP contribution in [-0.4, -0.2) is 0 Å². The molecular formula is C26H50. The molecule has 0 aromatic carbocycles. The second kappa shape index (κ2) is 22.8. The highest BCUT2D eigenvalue weighted by molar-refractivity contribution is 4.81. The molecule has 0 N–H and O–H groups in total. The maximum atomic E-state index is 3.93. The summed E-state index contributed by atoms with van der Waals surface area (Å²) in [5.74, 6) is 0.987. The second-order valence-electron chi connectivity index (χ2n) is 8.23. The van der Waals surface area contributed by atoms with E-state index in [2.05, 4.69) is 32.9 Å². The van der Waals surface area contributed by atoms with Gasteiger partial charge in [-0.25, -0.2) is 0 Å². The summed E-state index contributed by atoms with van der Waals surface area (Å²) in [5.41, 5.74) is 0. The van der Waals surface area contributed by atoms with Crippen molar-refractivity contribution in [3.05, 3.63) is 26.0 Å². The van der Waals surface area contributed by atoms with Crippen LogP contribution >= 0.6 is 0 Å². The van der Waals surface area contributed by atoms with Gasteiger partial charge in [0.25, 0.3) is 0 Å². The van der Waals surface area contributed by atoms with E-state index < -0.39 is 0 Å². The Morgan fingerprint density at radius 2 is 1.00 bits per heavy atom. The Labute approximate surface area is 167 Å². The number of hydrogen-bond acceptors (Lipinski definition) is 0. The highest BCUT2D eigenvalue weighted by atomic mass is 14.1. The largest absolute Gasteiger partial charge is 0.0885 e. The molecule has 0 aromatic heterocycles. The van der Waals surface area contributed by atoms with Crippen molar-refractivity contribution < 1.29 is 0 Å². The fourth-order valence-corrected chi connectivity index (χ4v) is 3.89. The van der Waals surface area contributed by atoms with E-state index in [0.29, 0.717) is 0 Å². The molecule has 2 radical (unpaired) electrons. The molecule has 1 atom stereocenters. The Morgan fingerprint density at radius 1 is 0.538 bits per heavy atom. The van der Waals surface area contributed by atoms with Crippen molar-refractivity contribution >= 4 is 0 Å². The normalized spacial score (nSPS) is 12.9. The minimum atomic E-state index is 0.987. The van der Waals surface area contributed by atoms with Crippen LogP contribution in [0.3, 0.4) is 0 Å². The monoisotopic (exact) mass is 362 g/mol. The molecule has 0 aliphatic heterocycles. The van der Waals surface area contributed by atoms with Crippen LogP contribution in [0.2, 0.25) is 0 Å². The second-order valence-corrected chi connectivity index (χ2v) is 8.23. The lowest BCUT2D eigenvalue weighted by Gasteiger charge is -2.15. The molecule has 0 bridgehead atoms. The summed E-state index contributed by atoms with van der Waals surface area (Å²) in [6, 6.07) is 0. The highest BCUT2D eigenvalue weighted by Gasteiger charge is 2.06. The van der Waals surface area contributed by atoms with Gasteiger partial charge in [-0.15, -0.1) is 0 Å². The average molecular weight is 363 g/mol. The topological polar surface area (TPSA) is 0 Å². The van der Waals surface area contributed by atoms with Crippen LogP contribution in [0.5, 0.6) is 0 Å². The Balaban J connectivity index is 3.51. The van der Waals surface area contributed by atoms with Crippen LogP contribution < -0.4 is 0 Å². The lowest BCUT2D eigenvalue weighted by atomic mass is 9.91. The Hall–Kier alpha value is -0.260. The molecule has 0 heteroatoms. The van der Waals surface area contributed by atoms with Crippen molar-refractivity contribution in [2.75, 3.05) is 0 Å². The molecule has 26 heavy (non-hydrogen) atoms. The van der Waals surface area contributed by atoms with Gasteiger partial charge in [0.15, 0.2) is 0 Å². The SMILES string of the molecule is [CH2]CCCCCCCC=CCCCC(CCC)CCCCCCCC[CH2]. The smallest absolute Gasteiger partial charge is 0.0351 e. The van der Waals surface area contributed by atoms with Crippen molar-refractivity contribution in [1.82, 2.24) is 0 Å². The third kappa shape index (κ3) is 20.1. The number of unbranched alkanes of at least 4 members (excludes halogenated alkanes) is 13. The summed E-state index contributed by atoms with van der Waals surface area (Å²) < 4.78 is 0. The number of hydrogen-bond donors (Lipinski definition) is 0. The van der Waals surface area contributed by atoms with Crippen molar-refractivity contribution in [1.29, 1.82) is 0 Å². The number of rotatable bonds is 21. The zero-order chi connectivity index (χ0) is 19.1. The van der Waals surface area contributed by atoms with Crippen molar-refractivity contribution in [2.45, 2.75) is 135 Å². The zero-order valence-corrected chi connectivity index (χ0v) is 18.3. The van der Waals surface area contributed by atoms with E-state index in [-0.39, 0.29) is 0 Å². The van der Waals surface area contributed by atoms with Gasteiger partial charge in [-0.1, -0.05) is 136 Å². The summed E-state index contributed by atoms with van der Waals surface area (Å²) in [6.45, 7) is 10.2. The first-order valence-electron chi connectivity index (χ1n) is 12.1. The van der Waals surface area contributed by atoms with E-state index in [1.54, 1.807) is 0 Å². The lowest BCUT2D eigenvalue weighted by Crippen LogP contribution is -2.00. The molecule has 0 heterocycles.